The molecule has 1 saturated carbocycles. The second-order valence-corrected chi connectivity index (χ2v) is 11.0. The van der Waals surface area contributed by atoms with Crippen LogP contribution >= 0.6 is 0 Å². The SMILES string of the molecule is CC(C)C(=O)O[C@]1(CCN(C)CCCc2nc3ccccc3[nH]2)C[C@@H]2CCC[C@H]1c1ccccc12. The fourth-order valence-electron chi connectivity index (χ4n) is 6.29. The molecule has 186 valence electrons. The lowest BCUT2D eigenvalue weighted by Crippen LogP contribution is -2.47. The van der Waals surface area contributed by atoms with Crippen LogP contribution in [0.2, 0.25) is 0 Å². The van der Waals surface area contributed by atoms with Crippen LogP contribution in [0.3, 0.4) is 0 Å². The van der Waals surface area contributed by atoms with Gasteiger partial charge in [0.2, 0.25) is 0 Å². The summed E-state index contributed by atoms with van der Waals surface area (Å²) in [7, 11) is 2.19. The zero-order valence-electron chi connectivity index (χ0n) is 21.4. The zero-order valence-corrected chi connectivity index (χ0v) is 21.4. The van der Waals surface area contributed by atoms with Crippen LogP contribution in [0.15, 0.2) is 48.5 Å². The van der Waals surface area contributed by atoms with E-state index in [1.54, 1.807) is 0 Å². The van der Waals surface area contributed by atoms with Crippen LogP contribution in [0.4, 0.5) is 0 Å². The van der Waals surface area contributed by atoms with Crippen molar-refractivity contribution in [2.75, 3.05) is 20.1 Å². The molecule has 5 heteroatoms. The zero-order chi connectivity index (χ0) is 24.4. The molecule has 0 unspecified atom stereocenters. The Bertz CT molecular complexity index is 1140. The van der Waals surface area contributed by atoms with Gasteiger partial charge in [-0.2, -0.15) is 0 Å². The topological polar surface area (TPSA) is 58.2 Å². The van der Waals surface area contributed by atoms with Gasteiger partial charge in [0, 0.05) is 25.3 Å². The van der Waals surface area contributed by atoms with Crippen molar-refractivity contribution < 1.29 is 9.53 Å². The number of esters is 1. The van der Waals surface area contributed by atoms with E-state index in [4.69, 9.17) is 9.72 Å². The molecule has 1 aromatic heterocycles. The molecule has 6 rings (SSSR count). The maximum Gasteiger partial charge on any atom is 0.308 e. The van der Waals surface area contributed by atoms with Crippen molar-refractivity contribution in [3.05, 3.63) is 65.5 Å². The number of ether oxygens (including phenoxy) is 1. The Kier molecular flexibility index (Phi) is 6.97. The number of nitrogens with one attached hydrogen (secondary N) is 1. The highest BCUT2D eigenvalue weighted by molar-refractivity contribution is 5.74. The van der Waals surface area contributed by atoms with Crippen molar-refractivity contribution in [2.24, 2.45) is 5.92 Å². The molecule has 0 radical (unpaired) electrons. The van der Waals surface area contributed by atoms with Crippen LogP contribution in [0.1, 0.15) is 81.2 Å². The van der Waals surface area contributed by atoms with Gasteiger partial charge in [-0.05, 0) is 68.5 Å². The van der Waals surface area contributed by atoms with Gasteiger partial charge in [-0.1, -0.05) is 56.7 Å². The number of rotatable bonds is 9. The average molecular weight is 474 g/mol. The van der Waals surface area contributed by atoms with E-state index in [2.05, 4.69) is 53.3 Å². The van der Waals surface area contributed by atoms with Gasteiger partial charge in [0.15, 0.2) is 0 Å². The number of aromatic amines is 1. The van der Waals surface area contributed by atoms with E-state index in [0.717, 1.165) is 62.1 Å². The Morgan fingerprint density at radius 1 is 1.11 bits per heavy atom. The Labute approximate surface area is 209 Å². The first kappa shape index (κ1) is 24.1. The normalized spacial score (nSPS) is 23.6. The van der Waals surface area contributed by atoms with E-state index in [1.165, 1.54) is 24.0 Å². The third-order valence-electron chi connectivity index (χ3n) is 8.17. The van der Waals surface area contributed by atoms with Gasteiger partial charge in [0.25, 0.3) is 0 Å². The number of fused-ring (bicyclic) bond motifs is 4. The molecule has 0 spiro atoms. The first-order valence-electron chi connectivity index (χ1n) is 13.4. The summed E-state index contributed by atoms with van der Waals surface area (Å²) in [5.41, 5.74) is 4.65. The van der Waals surface area contributed by atoms with Crippen molar-refractivity contribution in [2.45, 2.75) is 76.2 Å². The number of aromatic nitrogens is 2. The minimum atomic E-state index is -0.399. The third kappa shape index (κ3) is 5.02. The van der Waals surface area contributed by atoms with Crippen LogP contribution in [0.5, 0.6) is 0 Å². The molecule has 35 heavy (non-hydrogen) atoms. The first-order chi connectivity index (χ1) is 16.9. The predicted octanol–water partition coefficient (Wildman–Crippen LogP) is 6.21. The highest BCUT2D eigenvalue weighted by Crippen LogP contribution is 2.55. The molecule has 1 heterocycles. The lowest BCUT2D eigenvalue weighted by atomic mass is 9.67. The van der Waals surface area contributed by atoms with Gasteiger partial charge in [-0.15, -0.1) is 0 Å². The van der Waals surface area contributed by atoms with Crippen molar-refractivity contribution in [1.82, 2.24) is 14.9 Å². The highest BCUT2D eigenvalue weighted by Gasteiger charge is 2.50. The van der Waals surface area contributed by atoms with Crippen molar-refractivity contribution >= 4 is 17.0 Å². The molecule has 0 aliphatic heterocycles. The highest BCUT2D eigenvalue weighted by atomic mass is 16.6. The maximum absolute atomic E-state index is 12.9. The van der Waals surface area contributed by atoms with Crippen LogP contribution in [0.25, 0.3) is 11.0 Å². The number of aryl methyl sites for hydroxylation is 1. The van der Waals surface area contributed by atoms with Gasteiger partial charge < -0.3 is 14.6 Å². The summed E-state index contributed by atoms with van der Waals surface area (Å²) >= 11 is 0. The number of carbonyl (C=O) groups is 1. The number of H-pyrrole nitrogens is 1. The number of carbonyl (C=O) groups excluding carboxylic acids is 1. The quantitative estimate of drug-likeness (QED) is 0.375. The minimum absolute atomic E-state index is 0.0532. The van der Waals surface area contributed by atoms with Gasteiger partial charge in [0.05, 0.1) is 17.0 Å². The molecule has 1 N–H and O–H groups in total. The largest absolute Gasteiger partial charge is 0.458 e. The Morgan fingerprint density at radius 2 is 1.89 bits per heavy atom. The summed E-state index contributed by atoms with van der Waals surface area (Å²) in [6.07, 6.45) is 7.34. The molecule has 5 nitrogen and oxygen atoms in total. The van der Waals surface area contributed by atoms with E-state index < -0.39 is 5.60 Å². The molecule has 2 aromatic carbocycles. The average Bonchev–Trinajstić information content (AvgIpc) is 3.07. The van der Waals surface area contributed by atoms with Crippen molar-refractivity contribution in [1.29, 1.82) is 0 Å². The van der Waals surface area contributed by atoms with E-state index in [0.29, 0.717) is 11.8 Å². The maximum atomic E-state index is 12.9. The Morgan fingerprint density at radius 3 is 2.69 bits per heavy atom. The second kappa shape index (κ2) is 10.1. The molecule has 3 aliphatic rings. The van der Waals surface area contributed by atoms with E-state index >= 15 is 0 Å². The molecular weight excluding hydrogens is 434 g/mol. The van der Waals surface area contributed by atoms with Crippen molar-refractivity contribution in [3.63, 3.8) is 0 Å². The number of nitrogens with zero attached hydrogens (tertiary/aromatic N) is 2. The van der Waals surface area contributed by atoms with E-state index in [9.17, 15) is 4.79 Å². The van der Waals surface area contributed by atoms with Gasteiger partial charge in [-0.3, -0.25) is 4.79 Å². The van der Waals surface area contributed by atoms with Crippen molar-refractivity contribution in [3.8, 4) is 0 Å². The smallest absolute Gasteiger partial charge is 0.308 e. The third-order valence-corrected chi connectivity index (χ3v) is 8.17. The summed E-state index contributed by atoms with van der Waals surface area (Å²) in [6, 6.07) is 17.1. The van der Waals surface area contributed by atoms with Crippen LogP contribution in [0, 0.1) is 5.92 Å². The van der Waals surface area contributed by atoms with Gasteiger partial charge in [-0.25, -0.2) is 4.98 Å². The summed E-state index contributed by atoms with van der Waals surface area (Å²) < 4.78 is 6.49. The molecule has 3 aromatic rings. The first-order valence-corrected chi connectivity index (χ1v) is 13.4. The number of benzene rings is 2. The molecule has 3 aliphatic carbocycles. The van der Waals surface area contributed by atoms with Crippen LogP contribution < -0.4 is 0 Å². The number of hydrogen-bond donors (Lipinski definition) is 1. The molecular formula is C30H39N3O2. The second-order valence-electron chi connectivity index (χ2n) is 11.0. The van der Waals surface area contributed by atoms with E-state index in [-0.39, 0.29) is 11.9 Å². The fraction of sp³-hybridized carbons (Fsp3) is 0.533. The lowest BCUT2D eigenvalue weighted by Gasteiger charge is -2.46. The number of para-hydroxylation sites is 2. The summed E-state index contributed by atoms with van der Waals surface area (Å²) in [4.78, 5) is 23.5. The Hall–Kier alpha value is -2.66. The number of imidazole rings is 1. The molecule has 0 amide bonds. The molecule has 3 atom stereocenters. The lowest BCUT2D eigenvalue weighted by molar-refractivity contribution is -0.170. The summed E-state index contributed by atoms with van der Waals surface area (Å²) in [6.45, 7) is 5.82. The molecule has 1 fully saturated rings. The molecule has 0 saturated heterocycles. The molecule has 2 bridgehead atoms. The van der Waals surface area contributed by atoms with Gasteiger partial charge in [0.1, 0.15) is 11.4 Å². The Balaban J connectivity index is 1.26. The van der Waals surface area contributed by atoms with E-state index in [1.807, 2.05) is 26.0 Å². The van der Waals surface area contributed by atoms with Gasteiger partial charge >= 0.3 is 5.97 Å². The van der Waals surface area contributed by atoms with Crippen LogP contribution in [-0.2, 0) is 16.0 Å². The fourth-order valence-corrected chi connectivity index (χ4v) is 6.29. The summed E-state index contributed by atoms with van der Waals surface area (Å²) in [5, 5.41) is 0. The predicted molar refractivity (Wildman–Crippen MR) is 141 cm³/mol. The summed E-state index contributed by atoms with van der Waals surface area (Å²) in [5.74, 6) is 1.68. The number of hydrogen-bond acceptors (Lipinski definition) is 4. The minimum Gasteiger partial charge on any atom is -0.458 e. The van der Waals surface area contributed by atoms with Crippen LogP contribution in [-0.4, -0.2) is 46.6 Å². The standard InChI is InChI=1S/C30H39N3O2/c1-21(2)29(34)35-30(20-22-10-8-13-25(30)24-12-5-4-11-23(22)24)17-19-33(3)18-9-16-28-31-26-14-6-7-15-27(26)32-28/h4-7,11-12,14-15,21-22,25H,8-10,13,16-20H2,1-3H3,(H,31,32)/t22-,25-,30+/m0/s1. The monoisotopic (exact) mass is 473 g/mol.